The summed E-state index contributed by atoms with van der Waals surface area (Å²) in [7, 11) is 0. The number of thioether (sulfide) groups is 2. The number of hydrogen-bond donors (Lipinski definition) is 1. The van der Waals surface area contributed by atoms with Crippen molar-refractivity contribution in [1.29, 1.82) is 0 Å². The lowest BCUT2D eigenvalue weighted by molar-refractivity contribution is -0.118. The minimum Gasteiger partial charge on any atom is -0.355 e. The number of benzene rings is 2. The number of rotatable bonds is 8. The van der Waals surface area contributed by atoms with Crippen molar-refractivity contribution in [2.75, 3.05) is 18.1 Å². The second kappa shape index (κ2) is 9.91. The molecule has 0 radical (unpaired) electrons. The molecule has 0 saturated carbocycles. The molecule has 0 unspecified atom stereocenters. The van der Waals surface area contributed by atoms with Crippen LogP contribution in [0.5, 0.6) is 0 Å². The zero-order valence-electron chi connectivity index (χ0n) is 13.0. The number of nitrogens with one attached hydrogen (secondary N) is 1. The average molecular weight is 366 g/mol. The zero-order valence-corrected chi connectivity index (χ0v) is 15.4. The van der Waals surface area contributed by atoms with Gasteiger partial charge in [-0.1, -0.05) is 41.4 Å². The van der Waals surface area contributed by atoms with Crippen molar-refractivity contribution in [1.82, 2.24) is 5.32 Å². The van der Waals surface area contributed by atoms with Gasteiger partial charge < -0.3 is 5.32 Å². The van der Waals surface area contributed by atoms with Crippen LogP contribution in [0.4, 0.5) is 0 Å². The molecule has 0 aliphatic rings. The molecule has 1 N–H and O–H groups in total. The van der Waals surface area contributed by atoms with Gasteiger partial charge in [-0.2, -0.15) is 0 Å². The van der Waals surface area contributed by atoms with Crippen molar-refractivity contribution in [3.63, 3.8) is 0 Å². The van der Waals surface area contributed by atoms with Gasteiger partial charge in [-0.05, 0) is 36.8 Å². The van der Waals surface area contributed by atoms with Crippen LogP contribution >= 0.6 is 35.1 Å². The Labute approximate surface area is 151 Å². The summed E-state index contributed by atoms with van der Waals surface area (Å²) in [6.45, 7) is 2.77. The van der Waals surface area contributed by atoms with Gasteiger partial charge in [0.2, 0.25) is 5.91 Å². The second-order valence-corrected chi connectivity index (χ2v) is 7.72. The Morgan fingerprint density at radius 3 is 2.70 bits per heavy atom. The Hall–Kier alpha value is -1.10. The van der Waals surface area contributed by atoms with E-state index in [2.05, 4.69) is 36.5 Å². The van der Waals surface area contributed by atoms with E-state index in [4.69, 9.17) is 11.6 Å². The second-order valence-electron chi connectivity index (χ2n) is 5.13. The Morgan fingerprint density at radius 2 is 1.96 bits per heavy atom. The molecule has 0 fully saturated rings. The molecule has 0 aliphatic carbocycles. The van der Waals surface area contributed by atoms with Crippen LogP contribution in [0.3, 0.4) is 0 Å². The summed E-state index contributed by atoms with van der Waals surface area (Å²) in [6, 6.07) is 16.2. The van der Waals surface area contributed by atoms with Crippen LogP contribution in [-0.2, 0) is 10.5 Å². The smallest absolute Gasteiger partial charge is 0.230 e. The molecular weight excluding hydrogens is 346 g/mol. The fraction of sp³-hybridized carbons (Fsp3) is 0.278. The minimum absolute atomic E-state index is 0.0848. The predicted octanol–water partition coefficient (Wildman–Crippen LogP) is 4.79. The number of carbonyl (C=O) groups excluding carboxylic acids is 1. The summed E-state index contributed by atoms with van der Waals surface area (Å²) in [5, 5.41) is 3.69. The lowest BCUT2D eigenvalue weighted by atomic mass is 10.2. The maximum Gasteiger partial charge on any atom is 0.230 e. The van der Waals surface area contributed by atoms with Crippen LogP contribution in [0.2, 0.25) is 5.02 Å². The number of aryl methyl sites for hydroxylation is 1. The van der Waals surface area contributed by atoms with Gasteiger partial charge in [-0.3, -0.25) is 4.79 Å². The minimum atomic E-state index is 0.0848. The van der Waals surface area contributed by atoms with Gasteiger partial charge >= 0.3 is 0 Å². The number of amides is 1. The lowest BCUT2D eigenvalue weighted by Crippen LogP contribution is -2.27. The van der Waals surface area contributed by atoms with Crippen LogP contribution in [0.25, 0.3) is 0 Å². The molecule has 0 aromatic heterocycles. The third kappa shape index (κ3) is 7.34. The highest BCUT2D eigenvalue weighted by Crippen LogP contribution is 2.18. The highest BCUT2D eigenvalue weighted by atomic mass is 35.5. The molecule has 5 heteroatoms. The fourth-order valence-corrected chi connectivity index (χ4v) is 3.72. The largest absolute Gasteiger partial charge is 0.355 e. The quantitative estimate of drug-likeness (QED) is 0.538. The van der Waals surface area contributed by atoms with E-state index in [1.807, 2.05) is 24.3 Å². The van der Waals surface area contributed by atoms with Crippen molar-refractivity contribution in [3.8, 4) is 0 Å². The van der Waals surface area contributed by atoms with E-state index in [0.717, 1.165) is 22.1 Å². The molecule has 2 aromatic carbocycles. The van der Waals surface area contributed by atoms with Crippen LogP contribution in [0.1, 0.15) is 11.1 Å². The van der Waals surface area contributed by atoms with Crippen molar-refractivity contribution in [2.45, 2.75) is 17.6 Å². The third-order valence-corrected chi connectivity index (χ3v) is 5.36. The van der Waals surface area contributed by atoms with E-state index in [0.29, 0.717) is 12.3 Å². The van der Waals surface area contributed by atoms with Gasteiger partial charge in [0, 0.05) is 28.0 Å². The van der Waals surface area contributed by atoms with Crippen LogP contribution in [0.15, 0.2) is 53.4 Å². The van der Waals surface area contributed by atoms with Crippen molar-refractivity contribution < 1.29 is 4.79 Å². The Kier molecular flexibility index (Phi) is 7.86. The van der Waals surface area contributed by atoms with Crippen LogP contribution < -0.4 is 5.32 Å². The molecule has 0 bridgehead atoms. The van der Waals surface area contributed by atoms with Gasteiger partial charge in [-0.15, -0.1) is 23.5 Å². The van der Waals surface area contributed by atoms with E-state index < -0.39 is 0 Å². The fourth-order valence-electron chi connectivity index (χ4n) is 1.93. The first-order valence-corrected chi connectivity index (χ1v) is 9.93. The molecule has 2 rings (SSSR count). The Balaban J connectivity index is 1.57. The first-order chi connectivity index (χ1) is 11.1. The molecule has 0 saturated heterocycles. The molecule has 2 nitrogen and oxygen atoms in total. The SMILES string of the molecule is Cc1ccc(SCCNC(=O)CSCc2cccc(Cl)c2)cc1. The number of halogens is 1. The third-order valence-electron chi connectivity index (χ3n) is 3.10. The lowest BCUT2D eigenvalue weighted by Gasteiger charge is -2.06. The topological polar surface area (TPSA) is 29.1 Å². The molecule has 1 amide bonds. The summed E-state index contributed by atoms with van der Waals surface area (Å²) in [5.41, 5.74) is 2.41. The highest BCUT2D eigenvalue weighted by molar-refractivity contribution is 7.99. The monoisotopic (exact) mass is 365 g/mol. The predicted molar refractivity (Wildman–Crippen MR) is 103 cm³/mol. The average Bonchev–Trinajstić information content (AvgIpc) is 2.53. The number of hydrogen-bond acceptors (Lipinski definition) is 3. The van der Waals surface area contributed by atoms with Gasteiger partial charge in [0.25, 0.3) is 0 Å². The van der Waals surface area contributed by atoms with E-state index in [-0.39, 0.29) is 5.91 Å². The first-order valence-electron chi connectivity index (χ1n) is 7.42. The maximum absolute atomic E-state index is 11.8. The van der Waals surface area contributed by atoms with Gasteiger partial charge in [0.1, 0.15) is 0 Å². The van der Waals surface area contributed by atoms with E-state index in [9.17, 15) is 4.79 Å². The van der Waals surface area contributed by atoms with Crippen molar-refractivity contribution >= 4 is 41.0 Å². The summed E-state index contributed by atoms with van der Waals surface area (Å²) < 4.78 is 0. The van der Waals surface area contributed by atoms with Gasteiger partial charge in [0.15, 0.2) is 0 Å². The summed E-state index contributed by atoms with van der Waals surface area (Å²) >= 11 is 9.30. The molecule has 0 atom stereocenters. The first kappa shape index (κ1) is 18.2. The molecule has 23 heavy (non-hydrogen) atoms. The van der Waals surface area contributed by atoms with Gasteiger partial charge in [0.05, 0.1) is 5.75 Å². The summed E-state index contributed by atoms with van der Waals surface area (Å²) in [6.07, 6.45) is 0. The van der Waals surface area contributed by atoms with Crippen LogP contribution in [-0.4, -0.2) is 24.0 Å². The van der Waals surface area contributed by atoms with Crippen molar-refractivity contribution in [3.05, 3.63) is 64.7 Å². The highest BCUT2D eigenvalue weighted by Gasteiger charge is 2.02. The zero-order chi connectivity index (χ0) is 16.5. The molecule has 2 aromatic rings. The number of carbonyl (C=O) groups is 1. The summed E-state index contributed by atoms with van der Waals surface area (Å²) in [5.74, 6) is 2.24. The standard InChI is InChI=1S/C18H20ClNOS2/c1-14-5-7-17(8-6-14)23-10-9-20-18(21)13-22-12-15-3-2-4-16(19)11-15/h2-8,11H,9-10,12-13H2,1H3,(H,20,21). The Morgan fingerprint density at radius 1 is 1.17 bits per heavy atom. The molecule has 0 spiro atoms. The van der Waals surface area contributed by atoms with Crippen molar-refractivity contribution in [2.24, 2.45) is 0 Å². The Bertz CT molecular complexity index is 631. The van der Waals surface area contributed by atoms with Gasteiger partial charge in [-0.25, -0.2) is 0 Å². The van der Waals surface area contributed by atoms with E-state index in [1.165, 1.54) is 10.5 Å². The van der Waals surface area contributed by atoms with E-state index >= 15 is 0 Å². The molecule has 0 aliphatic heterocycles. The van der Waals surface area contributed by atoms with E-state index in [1.54, 1.807) is 23.5 Å². The summed E-state index contributed by atoms with van der Waals surface area (Å²) in [4.78, 5) is 13.0. The van der Waals surface area contributed by atoms with Crippen LogP contribution in [0, 0.1) is 6.92 Å². The maximum atomic E-state index is 11.8. The molecule has 122 valence electrons. The normalized spacial score (nSPS) is 10.5. The molecule has 0 heterocycles. The molecular formula is C18H20ClNOS2.